The van der Waals surface area contributed by atoms with Crippen LogP contribution < -0.4 is 4.74 Å². The van der Waals surface area contributed by atoms with Crippen LogP contribution in [0.5, 0.6) is 11.5 Å². The van der Waals surface area contributed by atoms with Crippen LogP contribution in [0.3, 0.4) is 0 Å². The van der Waals surface area contributed by atoms with Gasteiger partial charge in [0.05, 0.1) is 5.88 Å². The van der Waals surface area contributed by atoms with E-state index in [2.05, 4.69) is 15.9 Å². The molecule has 2 aromatic rings. The Hall–Kier alpha value is -0.700. The third-order valence-corrected chi connectivity index (χ3v) is 4.19. The zero-order chi connectivity index (χ0) is 14.0. The van der Waals surface area contributed by atoms with Gasteiger partial charge in [-0.3, -0.25) is 0 Å². The van der Waals surface area contributed by atoms with Gasteiger partial charge in [-0.25, -0.2) is 0 Å². The summed E-state index contributed by atoms with van der Waals surface area (Å²) >= 11 is 15.5. The van der Waals surface area contributed by atoms with Crippen molar-refractivity contribution in [3.8, 4) is 11.5 Å². The molecular weight excluding hydrogens is 347 g/mol. The molecule has 0 saturated carbocycles. The molecule has 0 unspecified atom stereocenters. The van der Waals surface area contributed by atoms with Crippen molar-refractivity contribution in [3.63, 3.8) is 0 Å². The molecular formula is C15H13BrCl2O. The minimum Gasteiger partial charge on any atom is -0.457 e. The molecule has 0 spiro atoms. The molecule has 0 bridgehead atoms. The maximum atomic E-state index is 6.15. The summed E-state index contributed by atoms with van der Waals surface area (Å²) in [6, 6.07) is 9.66. The number of alkyl halides is 1. The first-order valence-electron chi connectivity index (χ1n) is 5.80. The predicted octanol–water partition coefficient (Wildman–Crippen LogP) is 6.25. The number of benzene rings is 2. The van der Waals surface area contributed by atoms with Gasteiger partial charge in [0.15, 0.2) is 0 Å². The summed E-state index contributed by atoms with van der Waals surface area (Å²) in [7, 11) is 0. The first-order valence-corrected chi connectivity index (χ1v) is 7.51. The molecule has 0 atom stereocenters. The van der Waals surface area contributed by atoms with Crippen LogP contribution in [0.1, 0.15) is 16.7 Å². The van der Waals surface area contributed by atoms with Crippen LogP contribution in [0.4, 0.5) is 0 Å². The molecule has 19 heavy (non-hydrogen) atoms. The van der Waals surface area contributed by atoms with E-state index in [1.807, 2.05) is 44.2 Å². The van der Waals surface area contributed by atoms with Crippen LogP contribution in [0.2, 0.25) is 5.02 Å². The van der Waals surface area contributed by atoms with Crippen molar-refractivity contribution in [1.29, 1.82) is 0 Å². The highest BCUT2D eigenvalue weighted by Gasteiger charge is 2.08. The summed E-state index contributed by atoms with van der Waals surface area (Å²) in [5, 5.41) is 0.777. The van der Waals surface area contributed by atoms with Gasteiger partial charge in [-0.1, -0.05) is 33.6 Å². The van der Waals surface area contributed by atoms with Crippen molar-refractivity contribution >= 4 is 39.1 Å². The minimum absolute atomic E-state index is 0.411. The van der Waals surface area contributed by atoms with Crippen LogP contribution in [-0.2, 0) is 5.88 Å². The van der Waals surface area contributed by atoms with E-state index < -0.39 is 0 Å². The number of ether oxygens (including phenoxy) is 1. The summed E-state index contributed by atoms with van der Waals surface area (Å²) in [4.78, 5) is 0. The van der Waals surface area contributed by atoms with E-state index in [0.717, 1.165) is 37.7 Å². The molecule has 0 aliphatic heterocycles. The summed E-state index contributed by atoms with van der Waals surface area (Å²) in [5.41, 5.74) is 2.95. The highest BCUT2D eigenvalue weighted by molar-refractivity contribution is 9.10. The van der Waals surface area contributed by atoms with E-state index >= 15 is 0 Å². The van der Waals surface area contributed by atoms with Gasteiger partial charge < -0.3 is 4.74 Å². The van der Waals surface area contributed by atoms with Crippen molar-refractivity contribution in [2.75, 3.05) is 0 Å². The summed E-state index contributed by atoms with van der Waals surface area (Å²) in [6.07, 6.45) is 0. The Morgan fingerprint density at radius 2 is 1.74 bits per heavy atom. The van der Waals surface area contributed by atoms with Crippen molar-refractivity contribution in [3.05, 3.63) is 56.5 Å². The molecule has 100 valence electrons. The van der Waals surface area contributed by atoms with E-state index in [0.29, 0.717) is 5.88 Å². The van der Waals surface area contributed by atoms with E-state index in [9.17, 15) is 0 Å². The SMILES string of the molecule is Cc1cc(Oc2cc(Br)ccc2CCl)cc(C)c1Cl. The van der Waals surface area contributed by atoms with Crippen molar-refractivity contribution in [1.82, 2.24) is 0 Å². The fourth-order valence-electron chi connectivity index (χ4n) is 1.83. The fourth-order valence-corrected chi connectivity index (χ4v) is 2.50. The van der Waals surface area contributed by atoms with Gasteiger partial charge in [-0.2, -0.15) is 0 Å². The predicted molar refractivity (Wildman–Crippen MR) is 84.7 cm³/mol. The van der Waals surface area contributed by atoms with Gasteiger partial charge in [-0.05, 0) is 49.2 Å². The molecule has 2 rings (SSSR count). The Balaban J connectivity index is 2.38. The third-order valence-electron chi connectivity index (χ3n) is 2.81. The fraction of sp³-hybridized carbons (Fsp3) is 0.200. The number of rotatable bonds is 3. The molecule has 0 fully saturated rings. The lowest BCUT2D eigenvalue weighted by Crippen LogP contribution is -1.92. The lowest BCUT2D eigenvalue weighted by Gasteiger charge is -2.12. The smallest absolute Gasteiger partial charge is 0.132 e. The van der Waals surface area contributed by atoms with E-state index in [-0.39, 0.29) is 0 Å². The maximum absolute atomic E-state index is 6.15. The zero-order valence-electron chi connectivity index (χ0n) is 10.6. The second kappa shape index (κ2) is 6.17. The molecule has 0 aliphatic rings. The van der Waals surface area contributed by atoms with Crippen LogP contribution >= 0.6 is 39.1 Å². The zero-order valence-corrected chi connectivity index (χ0v) is 13.7. The monoisotopic (exact) mass is 358 g/mol. The Labute approximate surface area is 131 Å². The van der Waals surface area contributed by atoms with Crippen LogP contribution in [0.15, 0.2) is 34.8 Å². The largest absolute Gasteiger partial charge is 0.457 e. The lowest BCUT2D eigenvalue weighted by molar-refractivity contribution is 0.477. The van der Waals surface area contributed by atoms with Gasteiger partial charge in [0.2, 0.25) is 0 Å². The molecule has 4 heteroatoms. The summed E-state index contributed by atoms with van der Waals surface area (Å²) in [5.74, 6) is 1.93. The highest BCUT2D eigenvalue weighted by Crippen LogP contribution is 2.32. The molecule has 0 radical (unpaired) electrons. The third kappa shape index (κ3) is 3.44. The van der Waals surface area contributed by atoms with E-state index in [1.54, 1.807) is 0 Å². The Morgan fingerprint density at radius 3 is 2.32 bits per heavy atom. The second-order valence-electron chi connectivity index (χ2n) is 4.36. The van der Waals surface area contributed by atoms with Crippen molar-refractivity contribution < 1.29 is 4.74 Å². The number of aryl methyl sites for hydroxylation is 2. The number of hydrogen-bond donors (Lipinski definition) is 0. The molecule has 0 heterocycles. The second-order valence-corrected chi connectivity index (χ2v) is 5.92. The van der Waals surface area contributed by atoms with Gasteiger partial charge in [-0.15, -0.1) is 11.6 Å². The van der Waals surface area contributed by atoms with Gasteiger partial charge in [0, 0.05) is 15.1 Å². The Bertz CT molecular complexity index is 588. The minimum atomic E-state index is 0.411. The van der Waals surface area contributed by atoms with Crippen molar-refractivity contribution in [2.45, 2.75) is 19.7 Å². The number of halogens is 3. The van der Waals surface area contributed by atoms with E-state index in [1.165, 1.54) is 0 Å². The average Bonchev–Trinajstić information content (AvgIpc) is 2.36. The maximum Gasteiger partial charge on any atom is 0.132 e. The Morgan fingerprint density at radius 1 is 1.11 bits per heavy atom. The Kier molecular flexibility index (Phi) is 4.77. The average molecular weight is 360 g/mol. The van der Waals surface area contributed by atoms with Gasteiger partial charge in [0.1, 0.15) is 11.5 Å². The molecule has 1 nitrogen and oxygen atoms in total. The normalized spacial score (nSPS) is 10.6. The molecule has 0 saturated heterocycles. The summed E-state index contributed by atoms with van der Waals surface area (Å²) in [6.45, 7) is 3.93. The first-order chi connectivity index (χ1) is 9.01. The molecule has 0 aliphatic carbocycles. The standard InChI is InChI=1S/C15H13BrCl2O/c1-9-5-13(6-10(2)15(9)18)19-14-7-12(16)4-3-11(14)8-17/h3-7H,8H2,1-2H3. The van der Waals surface area contributed by atoms with Crippen LogP contribution in [-0.4, -0.2) is 0 Å². The summed E-state index contributed by atoms with van der Waals surface area (Å²) < 4.78 is 6.88. The molecule has 0 aromatic heterocycles. The molecule has 2 aromatic carbocycles. The van der Waals surface area contributed by atoms with Crippen LogP contribution in [0, 0.1) is 13.8 Å². The quantitative estimate of drug-likeness (QED) is 0.588. The highest BCUT2D eigenvalue weighted by atomic mass is 79.9. The lowest BCUT2D eigenvalue weighted by atomic mass is 10.1. The van der Waals surface area contributed by atoms with Crippen LogP contribution in [0.25, 0.3) is 0 Å². The van der Waals surface area contributed by atoms with Gasteiger partial charge in [0.25, 0.3) is 0 Å². The first kappa shape index (κ1) is 14.7. The molecule has 0 amide bonds. The van der Waals surface area contributed by atoms with Gasteiger partial charge >= 0.3 is 0 Å². The molecule has 0 N–H and O–H groups in total. The topological polar surface area (TPSA) is 9.23 Å². The number of hydrogen-bond acceptors (Lipinski definition) is 1. The van der Waals surface area contributed by atoms with Crippen molar-refractivity contribution in [2.24, 2.45) is 0 Å². The van der Waals surface area contributed by atoms with E-state index in [4.69, 9.17) is 27.9 Å².